The van der Waals surface area contributed by atoms with Crippen LogP contribution in [0, 0.1) is 6.92 Å². The van der Waals surface area contributed by atoms with Crippen LogP contribution >= 0.6 is 23.2 Å². The predicted octanol–water partition coefficient (Wildman–Crippen LogP) is 6.67. The molecule has 0 bridgehead atoms. The number of nitrogens with zero attached hydrogens (tertiary/aromatic N) is 1. The van der Waals surface area contributed by atoms with E-state index in [1.54, 1.807) is 12.1 Å². The lowest BCUT2D eigenvalue weighted by molar-refractivity contribution is 0.0872. The normalized spacial score (nSPS) is 16.1. The fourth-order valence-electron chi connectivity index (χ4n) is 4.30. The van der Waals surface area contributed by atoms with Gasteiger partial charge in [-0.25, -0.2) is 0 Å². The van der Waals surface area contributed by atoms with Gasteiger partial charge in [0.1, 0.15) is 24.0 Å². The van der Waals surface area contributed by atoms with E-state index in [0.29, 0.717) is 53.5 Å². The molecule has 2 aliphatic rings. The van der Waals surface area contributed by atoms with Crippen LogP contribution in [0.1, 0.15) is 39.5 Å². The van der Waals surface area contributed by atoms with E-state index >= 15 is 0 Å². The molecule has 0 amide bonds. The summed E-state index contributed by atoms with van der Waals surface area (Å²) in [6.07, 6.45) is 1.74. The second-order valence-corrected chi connectivity index (χ2v) is 9.12. The van der Waals surface area contributed by atoms with Crippen LogP contribution in [-0.4, -0.2) is 24.0 Å². The van der Waals surface area contributed by atoms with E-state index in [1.807, 2.05) is 56.3 Å². The molecular formula is C27H23Cl2NO4. The van der Waals surface area contributed by atoms with Gasteiger partial charge in [0.2, 0.25) is 5.78 Å². The molecule has 0 aromatic heterocycles. The highest BCUT2D eigenvalue weighted by molar-refractivity contribution is 6.35. The molecule has 0 saturated heterocycles. The van der Waals surface area contributed by atoms with E-state index in [2.05, 4.69) is 4.90 Å². The zero-order valence-electron chi connectivity index (χ0n) is 18.9. The Labute approximate surface area is 208 Å². The molecule has 3 aromatic rings. The van der Waals surface area contributed by atoms with Crippen LogP contribution in [0.2, 0.25) is 10.0 Å². The van der Waals surface area contributed by atoms with Crippen LogP contribution in [0.15, 0.2) is 54.3 Å². The molecule has 0 N–H and O–H groups in total. The number of halogens is 2. The van der Waals surface area contributed by atoms with Gasteiger partial charge in [0.05, 0.1) is 17.7 Å². The first-order valence-electron chi connectivity index (χ1n) is 11.1. The van der Waals surface area contributed by atoms with Crippen molar-refractivity contribution < 1.29 is 19.0 Å². The summed E-state index contributed by atoms with van der Waals surface area (Å²) >= 11 is 12.4. The molecule has 7 heteroatoms. The van der Waals surface area contributed by atoms with Crippen LogP contribution in [-0.2, 0) is 13.1 Å². The van der Waals surface area contributed by atoms with Gasteiger partial charge in [0, 0.05) is 28.7 Å². The van der Waals surface area contributed by atoms with Gasteiger partial charge in [-0.1, -0.05) is 47.5 Å². The molecule has 5 nitrogen and oxygen atoms in total. The van der Waals surface area contributed by atoms with Crippen molar-refractivity contribution in [2.45, 2.75) is 26.9 Å². The van der Waals surface area contributed by atoms with E-state index in [-0.39, 0.29) is 11.5 Å². The first-order chi connectivity index (χ1) is 16.4. The summed E-state index contributed by atoms with van der Waals surface area (Å²) in [5.74, 6) is 2.14. The molecule has 3 aromatic carbocycles. The Morgan fingerprint density at radius 1 is 1.15 bits per heavy atom. The van der Waals surface area contributed by atoms with Crippen molar-refractivity contribution in [1.29, 1.82) is 0 Å². The van der Waals surface area contributed by atoms with Crippen molar-refractivity contribution >= 4 is 35.1 Å². The predicted molar refractivity (Wildman–Crippen MR) is 133 cm³/mol. The van der Waals surface area contributed by atoms with Crippen molar-refractivity contribution in [3.05, 3.63) is 92.2 Å². The Kier molecular flexibility index (Phi) is 6.26. The van der Waals surface area contributed by atoms with E-state index in [4.69, 9.17) is 37.4 Å². The van der Waals surface area contributed by atoms with Crippen LogP contribution in [0.5, 0.6) is 17.2 Å². The van der Waals surface area contributed by atoms with Crippen molar-refractivity contribution in [1.82, 2.24) is 4.90 Å². The molecule has 174 valence electrons. The average molecular weight is 496 g/mol. The van der Waals surface area contributed by atoms with Gasteiger partial charge < -0.3 is 14.2 Å². The Morgan fingerprint density at radius 3 is 2.76 bits per heavy atom. The van der Waals surface area contributed by atoms with E-state index in [1.165, 1.54) is 0 Å². The van der Waals surface area contributed by atoms with Gasteiger partial charge in [-0.15, -0.1) is 0 Å². The third-order valence-corrected chi connectivity index (χ3v) is 6.49. The van der Waals surface area contributed by atoms with Gasteiger partial charge in [-0.3, -0.25) is 9.69 Å². The zero-order chi connectivity index (χ0) is 23.8. The third-order valence-electron chi connectivity index (χ3n) is 5.90. The zero-order valence-corrected chi connectivity index (χ0v) is 20.4. The molecule has 0 radical (unpaired) electrons. The number of hydrogen-bond donors (Lipinski definition) is 0. The lowest BCUT2D eigenvalue weighted by atomic mass is 9.98. The van der Waals surface area contributed by atoms with E-state index in [9.17, 15) is 4.79 Å². The van der Waals surface area contributed by atoms with Crippen LogP contribution in [0.4, 0.5) is 0 Å². The summed E-state index contributed by atoms with van der Waals surface area (Å²) in [5, 5.41) is 1.21. The maximum Gasteiger partial charge on any atom is 0.232 e. The molecule has 0 saturated carbocycles. The van der Waals surface area contributed by atoms with Crippen molar-refractivity contribution in [2.24, 2.45) is 0 Å². The second-order valence-electron chi connectivity index (χ2n) is 8.28. The third kappa shape index (κ3) is 4.27. The van der Waals surface area contributed by atoms with Crippen molar-refractivity contribution in [2.75, 3.05) is 13.3 Å². The highest BCUT2D eigenvalue weighted by Gasteiger charge is 2.35. The second kappa shape index (κ2) is 9.34. The largest absolute Gasteiger partial charge is 0.493 e. The first-order valence-corrected chi connectivity index (χ1v) is 11.8. The first kappa shape index (κ1) is 22.8. The van der Waals surface area contributed by atoms with E-state index < -0.39 is 0 Å². The number of hydrogen-bond acceptors (Lipinski definition) is 5. The number of carbonyl (C=O) groups is 1. The summed E-state index contributed by atoms with van der Waals surface area (Å²) in [6.45, 7) is 5.91. The number of carbonyl (C=O) groups excluding carboxylic acids is 1. The van der Waals surface area contributed by atoms with Crippen LogP contribution < -0.4 is 14.2 Å². The monoisotopic (exact) mass is 495 g/mol. The topological polar surface area (TPSA) is 48.0 Å². The highest BCUT2D eigenvalue weighted by Crippen LogP contribution is 2.44. The van der Waals surface area contributed by atoms with Crippen LogP contribution in [0.25, 0.3) is 6.08 Å². The van der Waals surface area contributed by atoms with Gasteiger partial charge in [-0.05, 0) is 55.3 Å². The van der Waals surface area contributed by atoms with Crippen LogP contribution in [0.3, 0.4) is 0 Å². The van der Waals surface area contributed by atoms with Gasteiger partial charge in [0.15, 0.2) is 5.76 Å². The molecule has 0 fully saturated rings. The molecule has 2 heterocycles. The molecular weight excluding hydrogens is 473 g/mol. The Hall–Kier alpha value is -2.99. The Morgan fingerprint density at radius 2 is 1.97 bits per heavy atom. The molecule has 34 heavy (non-hydrogen) atoms. The maximum atomic E-state index is 13.3. The fraction of sp³-hybridized carbons (Fsp3) is 0.222. The number of fused-ring (bicyclic) bond motifs is 3. The van der Waals surface area contributed by atoms with Crippen molar-refractivity contribution in [3.8, 4) is 17.2 Å². The van der Waals surface area contributed by atoms with Gasteiger partial charge in [-0.2, -0.15) is 0 Å². The van der Waals surface area contributed by atoms with Gasteiger partial charge in [0.25, 0.3) is 0 Å². The van der Waals surface area contributed by atoms with E-state index in [0.717, 1.165) is 28.0 Å². The summed E-state index contributed by atoms with van der Waals surface area (Å²) in [4.78, 5) is 15.4. The minimum Gasteiger partial charge on any atom is -0.493 e. The Bertz CT molecular complexity index is 1320. The number of ketones is 1. The average Bonchev–Trinajstić information content (AvgIpc) is 3.14. The number of Topliss-reactive ketones (excluding diaryl/α,β-unsaturated/α-hetero) is 1. The van der Waals surface area contributed by atoms with Gasteiger partial charge >= 0.3 is 0 Å². The summed E-state index contributed by atoms with van der Waals surface area (Å²) in [7, 11) is 0. The Balaban J connectivity index is 1.46. The summed E-state index contributed by atoms with van der Waals surface area (Å²) in [6, 6.07) is 15.0. The molecule has 0 spiro atoms. The minimum absolute atomic E-state index is 0.139. The summed E-state index contributed by atoms with van der Waals surface area (Å²) in [5.41, 5.74) is 4.00. The quantitative estimate of drug-likeness (QED) is 0.370. The lowest BCUT2D eigenvalue weighted by Gasteiger charge is -2.30. The minimum atomic E-state index is -0.139. The SMILES string of the molecule is CCOc1ccccc1/C=C1\Oc2c3c(cc(C)c2C1=O)OCN(Cc1ccc(Cl)cc1Cl)C3. The molecule has 2 aliphatic heterocycles. The standard InChI is InChI=1S/C27H23Cl2NO4/c1-3-32-22-7-5-4-6-17(22)11-24-26(31)25-16(2)10-23-20(27(25)34-24)14-30(15-33-23)13-18-8-9-19(28)12-21(18)29/h4-12H,3,13-15H2,1-2H3/b24-11-. The molecule has 0 aliphatic carbocycles. The highest BCUT2D eigenvalue weighted by atomic mass is 35.5. The fourth-order valence-corrected chi connectivity index (χ4v) is 4.76. The molecule has 0 unspecified atom stereocenters. The number of allylic oxidation sites excluding steroid dienone is 1. The smallest absolute Gasteiger partial charge is 0.232 e. The number of aryl methyl sites for hydroxylation is 1. The number of benzene rings is 3. The number of ether oxygens (including phenoxy) is 3. The lowest BCUT2D eigenvalue weighted by Crippen LogP contribution is -2.32. The maximum absolute atomic E-state index is 13.3. The number of rotatable bonds is 5. The summed E-state index contributed by atoms with van der Waals surface area (Å²) < 4.78 is 17.9. The molecule has 0 atom stereocenters. The number of para-hydroxylation sites is 1. The molecule has 5 rings (SSSR count). The van der Waals surface area contributed by atoms with Crippen molar-refractivity contribution in [3.63, 3.8) is 0 Å².